The molecule has 2 aromatic carbocycles. The highest BCUT2D eigenvalue weighted by Gasteiger charge is 2.62. The molecule has 3 fully saturated rings. The molecular formula is C24H22Cl2N2O3. The zero-order valence-corrected chi connectivity index (χ0v) is 18.3. The van der Waals surface area contributed by atoms with Gasteiger partial charge in [-0.05, 0) is 48.8 Å². The van der Waals surface area contributed by atoms with Gasteiger partial charge in [0.25, 0.3) is 0 Å². The van der Waals surface area contributed by atoms with E-state index in [9.17, 15) is 14.4 Å². The number of hydrogen-bond donors (Lipinski definition) is 1. The fourth-order valence-electron chi connectivity index (χ4n) is 5.69. The van der Waals surface area contributed by atoms with Gasteiger partial charge in [-0.3, -0.25) is 19.3 Å². The first-order valence-corrected chi connectivity index (χ1v) is 11.4. The standard InChI is InChI=1S/C24H22Cl2N2O3/c25-16-7-4-8-17(21(16)26)27-22(29)18(11-13-5-2-1-3-6-13)28-23(30)19-14-9-10-15(12-14)20(19)24(28)31/h1-8,14-15,18-20H,9-12H2,(H,27,29). The van der Waals surface area contributed by atoms with Crippen molar-refractivity contribution in [1.29, 1.82) is 0 Å². The molecule has 2 aliphatic carbocycles. The minimum absolute atomic E-state index is 0.199. The van der Waals surface area contributed by atoms with Gasteiger partial charge in [-0.15, -0.1) is 0 Å². The summed E-state index contributed by atoms with van der Waals surface area (Å²) in [5.74, 6) is -0.856. The van der Waals surface area contributed by atoms with Crippen LogP contribution in [0.5, 0.6) is 0 Å². The summed E-state index contributed by atoms with van der Waals surface area (Å²) in [6.07, 6.45) is 3.18. The second kappa shape index (κ2) is 7.95. The largest absolute Gasteiger partial charge is 0.323 e. The molecule has 31 heavy (non-hydrogen) atoms. The van der Waals surface area contributed by atoms with Gasteiger partial charge in [-0.25, -0.2) is 0 Å². The molecule has 1 aliphatic heterocycles. The molecule has 2 bridgehead atoms. The molecule has 3 amide bonds. The maximum Gasteiger partial charge on any atom is 0.248 e. The third kappa shape index (κ3) is 3.44. The van der Waals surface area contributed by atoms with Gasteiger partial charge in [0.15, 0.2) is 0 Å². The Labute approximate surface area is 190 Å². The summed E-state index contributed by atoms with van der Waals surface area (Å²) in [6, 6.07) is 13.4. The second-order valence-corrected chi connectivity index (χ2v) is 9.51. The number of rotatable bonds is 5. The third-order valence-corrected chi connectivity index (χ3v) is 7.88. The number of hydrogen-bond acceptors (Lipinski definition) is 3. The van der Waals surface area contributed by atoms with Crippen LogP contribution in [0.2, 0.25) is 10.0 Å². The van der Waals surface area contributed by atoms with E-state index in [1.54, 1.807) is 18.2 Å². The average molecular weight is 457 g/mol. The smallest absolute Gasteiger partial charge is 0.248 e. The van der Waals surface area contributed by atoms with Crippen molar-refractivity contribution in [3.63, 3.8) is 0 Å². The summed E-state index contributed by atoms with van der Waals surface area (Å²) in [7, 11) is 0. The fourth-order valence-corrected chi connectivity index (χ4v) is 6.04. The van der Waals surface area contributed by atoms with Crippen molar-refractivity contribution in [1.82, 2.24) is 4.90 Å². The highest BCUT2D eigenvalue weighted by molar-refractivity contribution is 6.44. The molecule has 2 saturated carbocycles. The molecule has 1 saturated heterocycles. The first kappa shape index (κ1) is 20.5. The fraction of sp³-hybridized carbons (Fsp3) is 0.375. The highest BCUT2D eigenvalue weighted by Crippen LogP contribution is 2.56. The van der Waals surface area contributed by atoms with Crippen LogP contribution in [0.25, 0.3) is 0 Å². The Morgan fingerprint density at radius 1 is 0.968 bits per heavy atom. The molecule has 0 spiro atoms. The highest BCUT2D eigenvalue weighted by atomic mass is 35.5. The monoisotopic (exact) mass is 456 g/mol. The lowest BCUT2D eigenvalue weighted by atomic mass is 9.81. The van der Waals surface area contributed by atoms with Crippen molar-refractivity contribution in [2.75, 3.05) is 5.32 Å². The van der Waals surface area contributed by atoms with Crippen LogP contribution in [-0.4, -0.2) is 28.7 Å². The van der Waals surface area contributed by atoms with Crippen LogP contribution in [-0.2, 0) is 20.8 Å². The van der Waals surface area contributed by atoms with Gasteiger partial charge in [0.05, 0.1) is 27.6 Å². The molecule has 3 aliphatic rings. The maximum atomic E-state index is 13.4. The van der Waals surface area contributed by atoms with Crippen LogP contribution >= 0.6 is 23.2 Å². The Hall–Kier alpha value is -2.37. The maximum absolute atomic E-state index is 13.4. The summed E-state index contributed by atoms with van der Waals surface area (Å²) >= 11 is 12.3. The number of nitrogens with one attached hydrogen (secondary N) is 1. The minimum atomic E-state index is -0.942. The van der Waals surface area contributed by atoms with E-state index in [1.165, 1.54) is 4.90 Å². The Bertz CT molecular complexity index is 1030. The molecule has 0 radical (unpaired) electrons. The third-order valence-electron chi connectivity index (χ3n) is 7.06. The molecular weight excluding hydrogens is 435 g/mol. The number of carbonyl (C=O) groups is 3. The predicted octanol–water partition coefficient (Wildman–Crippen LogP) is 4.57. The van der Waals surface area contributed by atoms with Gasteiger partial charge in [0, 0.05) is 6.42 Å². The SMILES string of the molecule is O=C(Nc1cccc(Cl)c1Cl)C(Cc1ccccc1)N1C(=O)C2C3CCC(C3)C2C1=O. The lowest BCUT2D eigenvalue weighted by molar-refractivity contribution is -0.147. The Morgan fingerprint density at radius 3 is 2.26 bits per heavy atom. The van der Waals surface area contributed by atoms with E-state index >= 15 is 0 Å². The van der Waals surface area contributed by atoms with Gasteiger partial charge in [0.1, 0.15) is 6.04 Å². The average Bonchev–Trinajstić information content (AvgIpc) is 3.45. The van der Waals surface area contributed by atoms with Crippen molar-refractivity contribution in [3.05, 3.63) is 64.1 Å². The van der Waals surface area contributed by atoms with Gasteiger partial charge in [0.2, 0.25) is 17.7 Å². The van der Waals surface area contributed by atoms with Gasteiger partial charge < -0.3 is 5.32 Å². The quantitative estimate of drug-likeness (QED) is 0.669. The van der Waals surface area contributed by atoms with E-state index in [-0.39, 0.29) is 46.9 Å². The lowest BCUT2D eigenvalue weighted by Gasteiger charge is -2.27. The zero-order chi connectivity index (χ0) is 21.7. The molecule has 2 aromatic rings. The number of anilines is 1. The van der Waals surface area contributed by atoms with Crippen molar-refractivity contribution in [2.24, 2.45) is 23.7 Å². The van der Waals surface area contributed by atoms with Crippen molar-refractivity contribution in [2.45, 2.75) is 31.7 Å². The van der Waals surface area contributed by atoms with Crippen LogP contribution in [0, 0.1) is 23.7 Å². The number of carbonyl (C=O) groups excluding carboxylic acids is 3. The van der Waals surface area contributed by atoms with E-state index in [0.29, 0.717) is 10.7 Å². The number of fused-ring (bicyclic) bond motifs is 5. The van der Waals surface area contributed by atoms with E-state index in [1.807, 2.05) is 30.3 Å². The van der Waals surface area contributed by atoms with Crippen molar-refractivity contribution in [3.8, 4) is 0 Å². The Kier molecular flexibility index (Phi) is 5.27. The van der Waals surface area contributed by atoms with Gasteiger partial charge in [-0.1, -0.05) is 59.6 Å². The van der Waals surface area contributed by atoms with Crippen LogP contribution < -0.4 is 5.32 Å². The molecule has 7 heteroatoms. The normalized spacial score (nSPS) is 27.5. The molecule has 0 aromatic heterocycles. The van der Waals surface area contributed by atoms with Crippen LogP contribution in [0.1, 0.15) is 24.8 Å². The summed E-state index contributed by atoms with van der Waals surface area (Å²) in [4.78, 5) is 41.4. The number of amides is 3. The Morgan fingerprint density at radius 2 is 1.61 bits per heavy atom. The first-order valence-electron chi connectivity index (χ1n) is 10.6. The Balaban J connectivity index is 1.47. The number of halogens is 2. The summed E-state index contributed by atoms with van der Waals surface area (Å²) in [5.41, 5.74) is 1.23. The zero-order valence-electron chi connectivity index (χ0n) is 16.8. The van der Waals surface area contributed by atoms with E-state index in [0.717, 1.165) is 24.8 Å². The number of likely N-dealkylation sites (tertiary alicyclic amines) is 1. The number of imide groups is 1. The van der Waals surface area contributed by atoms with Crippen LogP contribution in [0.15, 0.2) is 48.5 Å². The molecule has 5 unspecified atom stereocenters. The van der Waals surface area contributed by atoms with E-state index in [2.05, 4.69) is 5.32 Å². The second-order valence-electron chi connectivity index (χ2n) is 8.73. The van der Waals surface area contributed by atoms with Gasteiger partial charge in [-0.2, -0.15) is 0 Å². The van der Waals surface area contributed by atoms with E-state index in [4.69, 9.17) is 23.2 Å². The topological polar surface area (TPSA) is 66.5 Å². The number of nitrogens with zero attached hydrogens (tertiary/aromatic N) is 1. The molecule has 5 nitrogen and oxygen atoms in total. The van der Waals surface area contributed by atoms with E-state index < -0.39 is 11.9 Å². The lowest BCUT2D eigenvalue weighted by Crippen LogP contribution is -2.49. The van der Waals surface area contributed by atoms with Gasteiger partial charge >= 0.3 is 0 Å². The van der Waals surface area contributed by atoms with Crippen molar-refractivity contribution >= 4 is 46.6 Å². The number of benzene rings is 2. The molecule has 160 valence electrons. The molecule has 5 atom stereocenters. The summed E-state index contributed by atoms with van der Waals surface area (Å²) in [6.45, 7) is 0. The summed E-state index contributed by atoms with van der Waals surface area (Å²) in [5, 5.41) is 3.34. The first-order chi connectivity index (χ1) is 15.0. The minimum Gasteiger partial charge on any atom is -0.323 e. The molecule has 1 N–H and O–H groups in total. The molecule has 5 rings (SSSR count). The van der Waals surface area contributed by atoms with Crippen LogP contribution in [0.4, 0.5) is 5.69 Å². The van der Waals surface area contributed by atoms with Crippen LogP contribution in [0.3, 0.4) is 0 Å². The molecule has 1 heterocycles. The predicted molar refractivity (Wildman–Crippen MR) is 119 cm³/mol. The van der Waals surface area contributed by atoms with Crippen molar-refractivity contribution < 1.29 is 14.4 Å². The summed E-state index contributed by atoms with van der Waals surface area (Å²) < 4.78 is 0.